The molecular weight excluding hydrogens is 342 g/mol. The molecule has 0 radical (unpaired) electrons. The van der Waals surface area contributed by atoms with Crippen molar-refractivity contribution in [3.8, 4) is 11.5 Å². The monoisotopic (exact) mass is 365 g/mol. The number of aromatic nitrogens is 2. The zero-order valence-corrected chi connectivity index (χ0v) is 15.3. The predicted octanol–water partition coefficient (Wildman–Crippen LogP) is 2.00. The second kappa shape index (κ2) is 7.45. The first-order chi connectivity index (χ1) is 12.0. The number of hydrogen-bond acceptors (Lipinski definition) is 5. The summed E-state index contributed by atoms with van der Waals surface area (Å²) in [5.41, 5.74) is 0. The number of sulfonamides is 1. The predicted molar refractivity (Wildman–Crippen MR) is 93.3 cm³/mol. The van der Waals surface area contributed by atoms with E-state index in [0.717, 1.165) is 19.4 Å². The first kappa shape index (κ1) is 17.8. The molecule has 136 valence electrons. The van der Waals surface area contributed by atoms with Crippen LogP contribution >= 0.6 is 0 Å². The van der Waals surface area contributed by atoms with E-state index in [2.05, 4.69) is 4.98 Å². The summed E-state index contributed by atoms with van der Waals surface area (Å²) in [5, 5.41) is 0. The number of methoxy groups -OCH3 is 2. The molecule has 2 aromatic rings. The van der Waals surface area contributed by atoms with Crippen molar-refractivity contribution in [3.05, 3.63) is 36.9 Å². The molecule has 1 aliphatic heterocycles. The van der Waals surface area contributed by atoms with E-state index in [1.807, 2.05) is 10.8 Å². The standard InChI is InChI=1S/C17H23N3O4S/c1-23-15-5-6-17(16(10-15)24-2)25(21,22)20-8-3-4-14(12-20)11-19-9-7-18-13-19/h5-7,9-10,13-14H,3-4,8,11-12H2,1-2H3. The van der Waals surface area contributed by atoms with Gasteiger partial charge in [-0.15, -0.1) is 0 Å². The van der Waals surface area contributed by atoms with Gasteiger partial charge < -0.3 is 14.0 Å². The number of benzene rings is 1. The summed E-state index contributed by atoms with van der Waals surface area (Å²) in [4.78, 5) is 4.22. The number of hydrogen-bond donors (Lipinski definition) is 0. The van der Waals surface area contributed by atoms with Crippen LogP contribution in [-0.2, 0) is 16.6 Å². The summed E-state index contributed by atoms with van der Waals surface area (Å²) in [7, 11) is -0.614. The molecule has 1 atom stereocenters. The van der Waals surface area contributed by atoms with Crippen LogP contribution in [0.2, 0.25) is 0 Å². The van der Waals surface area contributed by atoms with Crippen molar-refractivity contribution >= 4 is 10.0 Å². The van der Waals surface area contributed by atoms with E-state index in [-0.39, 0.29) is 10.8 Å². The van der Waals surface area contributed by atoms with Gasteiger partial charge in [0.1, 0.15) is 16.4 Å². The summed E-state index contributed by atoms with van der Waals surface area (Å²) in [6.45, 7) is 1.79. The van der Waals surface area contributed by atoms with E-state index in [0.29, 0.717) is 24.6 Å². The van der Waals surface area contributed by atoms with Gasteiger partial charge >= 0.3 is 0 Å². The normalized spacial score (nSPS) is 18.9. The van der Waals surface area contributed by atoms with Crippen molar-refractivity contribution in [3.63, 3.8) is 0 Å². The fourth-order valence-electron chi connectivity index (χ4n) is 3.21. The molecule has 25 heavy (non-hydrogen) atoms. The quantitative estimate of drug-likeness (QED) is 0.783. The number of ether oxygens (including phenoxy) is 2. The third-order valence-corrected chi connectivity index (χ3v) is 6.40. The highest BCUT2D eigenvalue weighted by molar-refractivity contribution is 7.89. The Bertz CT molecular complexity index is 805. The SMILES string of the molecule is COc1ccc(S(=O)(=O)N2CCCC(Cn3ccnc3)C2)c(OC)c1. The molecule has 0 amide bonds. The number of imidazole rings is 1. The highest BCUT2D eigenvalue weighted by atomic mass is 32.2. The van der Waals surface area contributed by atoms with Crippen LogP contribution in [0, 0.1) is 5.92 Å². The largest absolute Gasteiger partial charge is 0.497 e. The minimum absolute atomic E-state index is 0.180. The maximum Gasteiger partial charge on any atom is 0.246 e. The topological polar surface area (TPSA) is 73.7 Å². The van der Waals surface area contributed by atoms with Crippen molar-refractivity contribution in [2.45, 2.75) is 24.3 Å². The van der Waals surface area contributed by atoms with Gasteiger partial charge in [-0.3, -0.25) is 0 Å². The molecule has 1 aromatic heterocycles. The van der Waals surface area contributed by atoms with E-state index in [1.54, 1.807) is 35.0 Å². The summed E-state index contributed by atoms with van der Waals surface area (Å²) in [6, 6.07) is 4.79. The van der Waals surface area contributed by atoms with E-state index in [1.165, 1.54) is 14.2 Å². The van der Waals surface area contributed by atoms with Gasteiger partial charge in [0.2, 0.25) is 10.0 Å². The molecule has 7 nitrogen and oxygen atoms in total. The van der Waals surface area contributed by atoms with Crippen molar-refractivity contribution in [2.75, 3.05) is 27.3 Å². The molecule has 3 rings (SSSR count). The average Bonchev–Trinajstić information content (AvgIpc) is 3.14. The molecular formula is C17H23N3O4S. The Balaban J connectivity index is 1.81. The lowest BCUT2D eigenvalue weighted by Gasteiger charge is -2.32. The van der Waals surface area contributed by atoms with E-state index in [4.69, 9.17) is 9.47 Å². The minimum atomic E-state index is -3.61. The molecule has 2 heterocycles. The smallest absolute Gasteiger partial charge is 0.246 e. The van der Waals surface area contributed by atoms with Crippen molar-refractivity contribution < 1.29 is 17.9 Å². The molecule has 0 aliphatic carbocycles. The van der Waals surface area contributed by atoms with E-state index in [9.17, 15) is 8.42 Å². The maximum atomic E-state index is 13.1. The Morgan fingerprint density at radius 1 is 1.28 bits per heavy atom. The minimum Gasteiger partial charge on any atom is -0.497 e. The fraction of sp³-hybridized carbons (Fsp3) is 0.471. The van der Waals surface area contributed by atoms with Crippen LogP contribution in [0.25, 0.3) is 0 Å². The lowest BCUT2D eigenvalue weighted by atomic mass is 10.00. The van der Waals surface area contributed by atoms with Crippen LogP contribution in [-0.4, -0.2) is 49.6 Å². The van der Waals surface area contributed by atoms with Gasteiger partial charge in [0.15, 0.2) is 0 Å². The Hall–Kier alpha value is -2.06. The van der Waals surface area contributed by atoms with E-state index >= 15 is 0 Å². The Kier molecular flexibility index (Phi) is 5.29. The zero-order valence-electron chi connectivity index (χ0n) is 14.5. The van der Waals surface area contributed by atoms with Crippen molar-refractivity contribution in [1.82, 2.24) is 13.9 Å². The molecule has 8 heteroatoms. The molecule has 0 N–H and O–H groups in total. The zero-order chi connectivity index (χ0) is 17.9. The van der Waals surface area contributed by atoms with Crippen LogP contribution in [0.3, 0.4) is 0 Å². The van der Waals surface area contributed by atoms with Gasteiger partial charge in [-0.25, -0.2) is 13.4 Å². The lowest BCUT2D eigenvalue weighted by Crippen LogP contribution is -2.41. The first-order valence-corrected chi connectivity index (χ1v) is 9.66. The average molecular weight is 365 g/mol. The third-order valence-electron chi connectivity index (χ3n) is 4.50. The molecule has 0 bridgehead atoms. The molecule has 1 unspecified atom stereocenters. The number of rotatable bonds is 6. The molecule has 1 fully saturated rings. The summed E-state index contributed by atoms with van der Waals surface area (Å²) in [5.74, 6) is 1.13. The van der Waals surface area contributed by atoms with Gasteiger partial charge in [-0.2, -0.15) is 4.31 Å². The van der Waals surface area contributed by atoms with Crippen LogP contribution in [0.15, 0.2) is 41.8 Å². The number of nitrogens with zero attached hydrogens (tertiary/aromatic N) is 3. The fourth-order valence-corrected chi connectivity index (χ4v) is 4.91. The molecule has 1 saturated heterocycles. The molecule has 1 aromatic carbocycles. The second-order valence-corrected chi connectivity index (χ2v) is 8.05. The summed E-state index contributed by atoms with van der Waals surface area (Å²) < 4.78 is 40.2. The van der Waals surface area contributed by atoms with Crippen molar-refractivity contribution in [2.24, 2.45) is 5.92 Å². The highest BCUT2D eigenvalue weighted by Crippen LogP contribution is 2.32. The third kappa shape index (κ3) is 3.80. The van der Waals surface area contributed by atoms with E-state index < -0.39 is 10.0 Å². The van der Waals surface area contributed by atoms with Crippen LogP contribution in [0.4, 0.5) is 0 Å². The molecule has 1 aliphatic rings. The summed E-state index contributed by atoms with van der Waals surface area (Å²) in [6.07, 6.45) is 7.25. The Morgan fingerprint density at radius 2 is 2.12 bits per heavy atom. The van der Waals surface area contributed by atoms with Gasteiger partial charge in [0.25, 0.3) is 0 Å². The molecule has 0 spiro atoms. The first-order valence-electron chi connectivity index (χ1n) is 8.22. The number of piperidine rings is 1. The Labute approximate surface area is 148 Å². The van der Waals surface area contributed by atoms with Crippen LogP contribution < -0.4 is 9.47 Å². The maximum absolute atomic E-state index is 13.1. The Morgan fingerprint density at radius 3 is 2.80 bits per heavy atom. The van der Waals surface area contributed by atoms with Gasteiger partial charge in [0.05, 0.1) is 20.5 Å². The second-order valence-electron chi connectivity index (χ2n) is 6.15. The molecule has 0 saturated carbocycles. The van der Waals surface area contributed by atoms with Crippen LogP contribution in [0.1, 0.15) is 12.8 Å². The lowest BCUT2D eigenvalue weighted by molar-refractivity contribution is 0.244. The summed E-state index contributed by atoms with van der Waals surface area (Å²) >= 11 is 0. The van der Waals surface area contributed by atoms with Gasteiger partial charge in [0, 0.05) is 38.1 Å². The van der Waals surface area contributed by atoms with Gasteiger partial charge in [-0.05, 0) is 30.9 Å². The van der Waals surface area contributed by atoms with Crippen LogP contribution in [0.5, 0.6) is 11.5 Å². The van der Waals surface area contributed by atoms with Gasteiger partial charge in [-0.1, -0.05) is 0 Å². The highest BCUT2D eigenvalue weighted by Gasteiger charge is 2.32. The van der Waals surface area contributed by atoms with Crippen molar-refractivity contribution in [1.29, 1.82) is 0 Å².